The summed E-state index contributed by atoms with van der Waals surface area (Å²) in [5, 5.41) is 44.6. The van der Waals surface area contributed by atoms with Crippen LogP contribution in [-0.2, 0) is 0 Å². The quantitative estimate of drug-likeness (QED) is 0.217. The van der Waals surface area contributed by atoms with Gasteiger partial charge in [-0.25, -0.2) is 0 Å². The van der Waals surface area contributed by atoms with Gasteiger partial charge in [-0.15, -0.1) is 0 Å². The van der Waals surface area contributed by atoms with Crippen molar-refractivity contribution in [2.45, 2.75) is 33.6 Å². The molecule has 4 heteroatoms. The highest BCUT2D eigenvalue weighted by Crippen LogP contribution is 2.38. The third-order valence-corrected chi connectivity index (χ3v) is 5.20. The molecule has 0 heterocycles. The molecule has 0 bridgehead atoms. The molecule has 0 amide bonds. The molecule has 0 fully saturated rings. The molecular weight excluding hydrogens is 388 g/mol. The summed E-state index contributed by atoms with van der Waals surface area (Å²) in [6.07, 6.45) is 0. The maximum absolute atomic E-state index is 9.95. The average Bonchev–Trinajstić information content (AvgIpc) is 2.74. The van der Waals surface area contributed by atoms with Gasteiger partial charge < -0.3 is 20.4 Å². The SMILES string of the molecule is CC.CC(C)c1c(O)cc(O)cc1O.Oc1ccc2ccc3cccc4ccc1c2c34. The summed E-state index contributed by atoms with van der Waals surface area (Å²) in [4.78, 5) is 0. The van der Waals surface area contributed by atoms with E-state index in [0.29, 0.717) is 11.3 Å². The Morgan fingerprint density at radius 1 is 0.581 bits per heavy atom. The topological polar surface area (TPSA) is 80.9 Å². The van der Waals surface area contributed by atoms with Crippen LogP contribution in [0.3, 0.4) is 0 Å². The van der Waals surface area contributed by atoms with Crippen LogP contribution in [0.5, 0.6) is 23.0 Å². The smallest absolute Gasteiger partial charge is 0.126 e. The molecule has 0 unspecified atom stereocenters. The maximum atomic E-state index is 9.95. The molecule has 0 aromatic heterocycles. The maximum Gasteiger partial charge on any atom is 0.126 e. The summed E-state index contributed by atoms with van der Waals surface area (Å²) in [6, 6.07) is 20.8. The highest BCUT2D eigenvalue weighted by Gasteiger charge is 2.12. The normalized spacial score (nSPS) is 10.7. The van der Waals surface area contributed by atoms with Crippen molar-refractivity contribution < 1.29 is 20.4 Å². The van der Waals surface area contributed by atoms with Gasteiger partial charge in [0.05, 0.1) is 0 Å². The summed E-state index contributed by atoms with van der Waals surface area (Å²) >= 11 is 0. The van der Waals surface area contributed by atoms with Crippen molar-refractivity contribution in [2.24, 2.45) is 0 Å². The van der Waals surface area contributed by atoms with Crippen LogP contribution in [0.2, 0.25) is 0 Å². The minimum absolute atomic E-state index is 0.0330. The number of hydrogen-bond donors (Lipinski definition) is 4. The zero-order valence-electron chi connectivity index (χ0n) is 18.2. The summed E-state index contributed by atoms with van der Waals surface area (Å²) in [5.74, 6) is 0.126. The Balaban J connectivity index is 0.000000173. The average molecular weight is 417 g/mol. The predicted molar refractivity (Wildman–Crippen MR) is 129 cm³/mol. The fourth-order valence-corrected chi connectivity index (χ4v) is 3.92. The Morgan fingerprint density at radius 2 is 1.06 bits per heavy atom. The van der Waals surface area contributed by atoms with Crippen molar-refractivity contribution in [1.29, 1.82) is 0 Å². The summed E-state index contributed by atoms with van der Waals surface area (Å²) in [5.41, 5.74) is 0.466. The van der Waals surface area contributed by atoms with Crippen molar-refractivity contribution in [2.75, 3.05) is 0 Å². The molecule has 0 aliphatic rings. The fourth-order valence-electron chi connectivity index (χ4n) is 3.92. The third-order valence-electron chi connectivity index (χ3n) is 5.20. The molecule has 0 saturated carbocycles. The van der Waals surface area contributed by atoms with E-state index in [-0.39, 0.29) is 23.2 Å². The van der Waals surface area contributed by atoms with E-state index in [4.69, 9.17) is 5.11 Å². The minimum atomic E-state index is -0.130. The molecular formula is C27H28O4. The Labute approximate surface area is 182 Å². The van der Waals surface area contributed by atoms with E-state index in [2.05, 4.69) is 36.4 Å². The molecule has 5 aromatic rings. The lowest BCUT2D eigenvalue weighted by molar-refractivity contribution is 0.415. The molecule has 31 heavy (non-hydrogen) atoms. The van der Waals surface area contributed by atoms with Gasteiger partial charge >= 0.3 is 0 Å². The van der Waals surface area contributed by atoms with Gasteiger partial charge in [-0.2, -0.15) is 0 Å². The first-order valence-electron chi connectivity index (χ1n) is 10.5. The Morgan fingerprint density at radius 3 is 1.61 bits per heavy atom. The Hall–Kier alpha value is -3.66. The largest absolute Gasteiger partial charge is 0.508 e. The minimum Gasteiger partial charge on any atom is -0.508 e. The van der Waals surface area contributed by atoms with Gasteiger partial charge in [0.15, 0.2) is 0 Å². The number of phenolic OH excluding ortho intramolecular Hbond substituents is 4. The first-order chi connectivity index (χ1) is 14.9. The highest BCUT2D eigenvalue weighted by atomic mass is 16.3. The van der Waals surface area contributed by atoms with Crippen LogP contribution >= 0.6 is 0 Å². The molecule has 0 atom stereocenters. The van der Waals surface area contributed by atoms with E-state index in [0.717, 1.165) is 5.39 Å². The second kappa shape index (κ2) is 9.00. The lowest BCUT2D eigenvalue weighted by atomic mass is 9.94. The van der Waals surface area contributed by atoms with E-state index in [9.17, 15) is 15.3 Å². The van der Waals surface area contributed by atoms with Gasteiger partial charge in [0.2, 0.25) is 0 Å². The molecule has 4 nitrogen and oxygen atoms in total. The van der Waals surface area contributed by atoms with Crippen molar-refractivity contribution >= 4 is 32.3 Å². The molecule has 4 N–H and O–H groups in total. The van der Waals surface area contributed by atoms with Gasteiger partial charge in [0.25, 0.3) is 0 Å². The summed E-state index contributed by atoms with van der Waals surface area (Å²) < 4.78 is 0. The first kappa shape index (κ1) is 22.0. The third kappa shape index (κ3) is 4.15. The van der Waals surface area contributed by atoms with Crippen LogP contribution < -0.4 is 0 Å². The number of aromatic hydroxyl groups is 4. The van der Waals surface area contributed by atoms with E-state index in [1.807, 2.05) is 39.8 Å². The molecule has 0 aliphatic heterocycles. The van der Waals surface area contributed by atoms with E-state index < -0.39 is 0 Å². The molecule has 0 radical (unpaired) electrons. The fraction of sp³-hybridized carbons (Fsp3) is 0.185. The van der Waals surface area contributed by atoms with E-state index >= 15 is 0 Å². The first-order valence-corrected chi connectivity index (χ1v) is 10.5. The molecule has 0 spiro atoms. The van der Waals surface area contributed by atoms with Crippen LogP contribution in [0.25, 0.3) is 32.3 Å². The van der Waals surface area contributed by atoms with Crippen LogP contribution in [0.1, 0.15) is 39.2 Å². The van der Waals surface area contributed by atoms with Crippen molar-refractivity contribution in [3.8, 4) is 23.0 Å². The monoisotopic (exact) mass is 416 g/mol. The van der Waals surface area contributed by atoms with Gasteiger partial charge in [0, 0.05) is 28.5 Å². The summed E-state index contributed by atoms with van der Waals surface area (Å²) in [7, 11) is 0. The predicted octanol–water partition coefficient (Wildman–Crippen LogP) is 7.24. The van der Waals surface area contributed by atoms with Crippen molar-refractivity contribution in [3.05, 3.63) is 72.3 Å². The van der Waals surface area contributed by atoms with Gasteiger partial charge in [-0.3, -0.25) is 0 Å². The number of benzene rings is 5. The zero-order chi connectivity index (χ0) is 22.7. The second-order valence-electron chi connectivity index (χ2n) is 7.49. The summed E-state index contributed by atoms with van der Waals surface area (Å²) in [6.45, 7) is 7.71. The van der Waals surface area contributed by atoms with E-state index in [1.54, 1.807) is 6.07 Å². The van der Waals surface area contributed by atoms with Crippen LogP contribution in [0.4, 0.5) is 0 Å². The second-order valence-corrected chi connectivity index (χ2v) is 7.49. The lowest BCUT2D eigenvalue weighted by Crippen LogP contribution is -1.88. The Kier molecular flexibility index (Phi) is 6.40. The molecule has 0 saturated heterocycles. The van der Waals surface area contributed by atoms with Crippen LogP contribution in [-0.4, -0.2) is 20.4 Å². The van der Waals surface area contributed by atoms with Crippen molar-refractivity contribution in [1.82, 2.24) is 0 Å². The standard InChI is InChI=1S/C16H10O.C9H12O3.C2H6/c17-14-9-7-12-5-4-10-2-1-3-11-6-8-13(14)16(12)15(10)11;1-5(2)9-7(11)3-6(10)4-8(9)12;1-2/h1-9,17H;3-5,10-12H,1-2H3;1-2H3. The Bertz CT molecular complexity index is 1280. The van der Waals surface area contributed by atoms with Crippen LogP contribution in [0.15, 0.2) is 66.7 Å². The number of phenols is 4. The van der Waals surface area contributed by atoms with Crippen molar-refractivity contribution in [3.63, 3.8) is 0 Å². The number of rotatable bonds is 1. The van der Waals surface area contributed by atoms with E-state index in [1.165, 1.54) is 39.1 Å². The highest BCUT2D eigenvalue weighted by molar-refractivity contribution is 6.23. The zero-order valence-corrected chi connectivity index (χ0v) is 18.2. The van der Waals surface area contributed by atoms with Gasteiger partial charge in [-0.1, -0.05) is 76.2 Å². The molecule has 5 rings (SSSR count). The number of hydrogen-bond acceptors (Lipinski definition) is 4. The lowest BCUT2D eigenvalue weighted by Gasteiger charge is -2.11. The van der Waals surface area contributed by atoms with Gasteiger partial charge in [0.1, 0.15) is 23.0 Å². The molecule has 5 aromatic carbocycles. The molecule has 160 valence electrons. The molecule has 0 aliphatic carbocycles. The van der Waals surface area contributed by atoms with Crippen LogP contribution in [0, 0.1) is 0 Å². The van der Waals surface area contributed by atoms with Gasteiger partial charge in [-0.05, 0) is 33.5 Å².